The topological polar surface area (TPSA) is 22.1 Å². The van der Waals surface area contributed by atoms with Crippen molar-refractivity contribution < 1.29 is 4.74 Å². The Morgan fingerprint density at radius 2 is 1.59 bits per heavy atom. The number of hydrogen-bond donors (Lipinski definition) is 0. The fourth-order valence-electron chi connectivity index (χ4n) is 3.97. The van der Waals surface area contributed by atoms with Crippen LogP contribution in [0.5, 0.6) is 0 Å². The van der Waals surface area contributed by atoms with Gasteiger partial charge in [-0.15, -0.1) is 6.58 Å². The molecule has 0 aliphatic carbocycles. The number of pyridine rings is 1. The Hall–Kier alpha value is -2.97. The summed E-state index contributed by atoms with van der Waals surface area (Å²) in [5, 5.41) is 0. The molecule has 178 valence electrons. The van der Waals surface area contributed by atoms with Gasteiger partial charge in [-0.1, -0.05) is 92.6 Å². The van der Waals surface area contributed by atoms with Gasteiger partial charge in [0, 0.05) is 18.4 Å². The minimum absolute atomic E-state index is 0.356. The lowest BCUT2D eigenvalue weighted by Crippen LogP contribution is -2.08. The molecule has 1 unspecified atom stereocenters. The molecule has 0 saturated heterocycles. The van der Waals surface area contributed by atoms with Gasteiger partial charge in [-0.2, -0.15) is 0 Å². The molecule has 1 heterocycles. The molecule has 1 aromatic heterocycles. The molecular weight excluding hydrogens is 414 g/mol. The third kappa shape index (κ3) is 8.43. The van der Waals surface area contributed by atoms with E-state index in [9.17, 15) is 0 Å². The van der Waals surface area contributed by atoms with Crippen LogP contribution in [0.3, 0.4) is 0 Å². The van der Waals surface area contributed by atoms with Crippen molar-refractivity contribution in [3.05, 3.63) is 96.7 Å². The summed E-state index contributed by atoms with van der Waals surface area (Å²) in [6, 6.07) is 21.6. The zero-order valence-electron chi connectivity index (χ0n) is 20.9. The van der Waals surface area contributed by atoms with Crippen molar-refractivity contribution in [3.63, 3.8) is 0 Å². The molecule has 0 fully saturated rings. The second-order valence-corrected chi connectivity index (χ2v) is 8.97. The van der Waals surface area contributed by atoms with Crippen molar-refractivity contribution >= 4 is 6.08 Å². The minimum atomic E-state index is 0.356. The second kappa shape index (κ2) is 14.3. The van der Waals surface area contributed by atoms with Gasteiger partial charge in [-0.25, -0.2) is 0 Å². The summed E-state index contributed by atoms with van der Waals surface area (Å²) in [5.74, 6) is 0. The highest BCUT2D eigenvalue weighted by Gasteiger charge is 2.03. The SMILES string of the molecule is C=CCc1ccc(-c2ccc(-c3ccc(C=CCCCC(C)OCCCCC)cn3)cc2)cc1. The van der Waals surface area contributed by atoms with Crippen LogP contribution in [0.1, 0.15) is 63.5 Å². The maximum atomic E-state index is 5.87. The molecule has 0 aliphatic rings. The first-order valence-corrected chi connectivity index (χ1v) is 12.7. The molecule has 0 aliphatic heterocycles. The number of aromatic nitrogens is 1. The van der Waals surface area contributed by atoms with E-state index in [0.29, 0.717) is 6.10 Å². The van der Waals surface area contributed by atoms with E-state index in [1.165, 1.54) is 36.0 Å². The van der Waals surface area contributed by atoms with Crippen molar-refractivity contribution in [3.8, 4) is 22.4 Å². The fourth-order valence-corrected chi connectivity index (χ4v) is 3.97. The molecule has 0 amide bonds. The fraction of sp³-hybridized carbons (Fsp3) is 0.344. The molecule has 0 spiro atoms. The highest BCUT2D eigenvalue weighted by Crippen LogP contribution is 2.24. The standard InChI is InChI=1S/C32H39NO/c1-4-6-10-24-34-26(3)12-8-7-9-13-28-16-23-32(33-25-28)31-21-19-30(20-22-31)29-17-14-27(11-5-2)15-18-29/h5,9,13-23,25-26H,2,4,6-8,10-12,24H2,1,3H3. The number of allylic oxidation sites excluding steroid dienone is 2. The molecule has 0 saturated carbocycles. The summed E-state index contributed by atoms with van der Waals surface area (Å²) < 4.78 is 5.87. The third-order valence-electron chi connectivity index (χ3n) is 6.08. The molecule has 0 bridgehead atoms. The summed E-state index contributed by atoms with van der Waals surface area (Å²) in [7, 11) is 0. The molecule has 2 heteroatoms. The first-order valence-electron chi connectivity index (χ1n) is 12.7. The van der Waals surface area contributed by atoms with Gasteiger partial charge in [0.15, 0.2) is 0 Å². The highest BCUT2D eigenvalue weighted by atomic mass is 16.5. The summed E-state index contributed by atoms with van der Waals surface area (Å²) >= 11 is 0. The summed E-state index contributed by atoms with van der Waals surface area (Å²) in [6.07, 6.45) is 16.6. The molecule has 2 aromatic carbocycles. The normalized spacial score (nSPS) is 12.2. The van der Waals surface area contributed by atoms with E-state index >= 15 is 0 Å². The maximum Gasteiger partial charge on any atom is 0.0702 e. The monoisotopic (exact) mass is 453 g/mol. The average molecular weight is 454 g/mol. The van der Waals surface area contributed by atoms with Gasteiger partial charge < -0.3 is 4.74 Å². The molecule has 3 aromatic rings. The predicted octanol–water partition coefficient (Wildman–Crippen LogP) is 8.92. The van der Waals surface area contributed by atoms with Crippen LogP contribution in [0.4, 0.5) is 0 Å². The summed E-state index contributed by atoms with van der Waals surface area (Å²) in [4.78, 5) is 4.68. The van der Waals surface area contributed by atoms with Crippen molar-refractivity contribution in [2.24, 2.45) is 0 Å². The van der Waals surface area contributed by atoms with Gasteiger partial charge in [-0.3, -0.25) is 4.98 Å². The highest BCUT2D eigenvalue weighted by molar-refractivity contribution is 5.69. The molecule has 1 atom stereocenters. The van der Waals surface area contributed by atoms with E-state index < -0.39 is 0 Å². The number of rotatable bonds is 14. The lowest BCUT2D eigenvalue weighted by molar-refractivity contribution is 0.0566. The van der Waals surface area contributed by atoms with Crippen LogP contribution in [-0.4, -0.2) is 17.7 Å². The predicted molar refractivity (Wildman–Crippen MR) is 147 cm³/mol. The minimum Gasteiger partial charge on any atom is -0.379 e. The zero-order valence-corrected chi connectivity index (χ0v) is 20.9. The molecule has 0 radical (unpaired) electrons. The maximum absolute atomic E-state index is 5.87. The van der Waals surface area contributed by atoms with Crippen molar-refractivity contribution in [2.75, 3.05) is 6.61 Å². The second-order valence-electron chi connectivity index (χ2n) is 8.97. The van der Waals surface area contributed by atoms with Crippen LogP contribution in [0, 0.1) is 0 Å². The Morgan fingerprint density at radius 1 is 0.882 bits per heavy atom. The smallest absolute Gasteiger partial charge is 0.0702 e. The quantitative estimate of drug-likeness (QED) is 0.179. The van der Waals surface area contributed by atoms with E-state index in [2.05, 4.69) is 98.2 Å². The molecular formula is C32H39NO. The van der Waals surface area contributed by atoms with E-state index in [-0.39, 0.29) is 0 Å². The van der Waals surface area contributed by atoms with Gasteiger partial charge in [0.2, 0.25) is 0 Å². The third-order valence-corrected chi connectivity index (χ3v) is 6.08. The summed E-state index contributed by atoms with van der Waals surface area (Å²) in [6.45, 7) is 9.11. The van der Waals surface area contributed by atoms with Gasteiger partial charge in [0.25, 0.3) is 0 Å². The van der Waals surface area contributed by atoms with Gasteiger partial charge in [0.05, 0.1) is 11.8 Å². The number of benzene rings is 2. The molecule has 34 heavy (non-hydrogen) atoms. The van der Waals surface area contributed by atoms with Gasteiger partial charge >= 0.3 is 0 Å². The Balaban J connectivity index is 1.46. The van der Waals surface area contributed by atoms with E-state index in [4.69, 9.17) is 4.74 Å². The number of hydrogen-bond acceptors (Lipinski definition) is 2. The average Bonchev–Trinajstić information content (AvgIpc) is 2.88. The van der Waals surface area contributed by atoms with E-state index in [1.54, 1.807) is 0 Å². The molecule has 2 nitrogen and oxygen atoms in total. The van der Waals surface area contributed by atoms with Crippen LogP contribution in [0.25, 0.3) is 28.5 Å². The van der Waals surface area contributed by atoms with Gasteiger partial charge in [-0.05, 0) is 67.3 Å². The Kier molecular flexibility index (Phi) is 10.8. The number of unbranched alkanes of at least 4 members (excludes halogenated alkanes) is 3. The van der Waals surface area contributed by atoms with Crippen molar-refractivity contribution in [1.82, 2.24) is 4.98 Å². The van der Waals surface area contributed by atoms with Crippen molar-refractivity contribution in [2.45, 2.75) is 64.9 Å². The van der Waals surface area contributed by atoms with Crippen molar-refractivity contribution in [1.29, 1.82) is 0 Å². The number of nitrogens with zero attached hydrogens (tertiary/aromatic N) is 1. The Bertz CT molecular complexity index is 1000. The largest absolute Gasteiger partial charge is 0.379 e. The summed E-state index contributed by atoms with van der Waals surface area (Å²) in [5.41, 5.74) is 7.01. The lowest BCUT2D eigenvalue weighted by Gasteiger charge is -2.11. The lowest BCUT2D eigenvalue weighted by atomic mass is 10.0. The Morgan fingerprint density at radius 3 is 2.24 bits per heavy atom. The first-order chi connectivity index (χ1) is 16.7. The van der Waals surface area contributed by atoms with Crippen LogP contribution >= 0.6 is 0 Å². The van der Waals surface area contributed by atoms with Gasteiger partial charge in [0.1, 0.15) is 0 Å². The van der Waals surface area contributed by atoms with E-state index in [0.717, 1.165) is 49.1 Å². The first kappa shape index (κ1) is 25.6. The zero-order chi connectivity index (χ0) is 24.0. The van der Waals surface area contributed by atoms with E-state index in [1.807, 2.05) is 12.3 Å². The van der Waals surface area contributed by atoms with Crippen LogP contribution in [0.15, 0.2) is 85.6 Å². The van der Waals surface area contributed by atoms with Crippen LogP contribution in [0.2, 0.25) is 0 Å². The Labute approximate surface area is 206 Å². The van der Waals surface area contributed by atoms with Crippen LogP contribution in [-0.2, 0) is 11.2 Å². The molecule has 3 rings (SSSR count). The molecule has 0 N–H and O–H groups in total. The number of ether oxygens (including phenoxy) is 1. The van der Waals surface area contributed by atoms with Crippen LogP contribution < -0.4 is 0 Å².